The summed E-state index contributed by atoms with van der Waals surface area (Å²) in [5.74, 6) is 0. The van der Waals surface area contributed by atoms with Gasteiger partial charge in [0.25, 0.3) is 0 Å². The zero-order valence-corrected chi connectivity index (χ0v) is 11.6. The lowest BCUT2D eigenvalue weighted by Crippen LogP contribution is -2.27. The van der Waals surface area contributed by atoms with Crippen molar-refractivity contribution in [1.82, 2.24) is 0 Å². The molecule has 0 radical (unpaired) electrons. The summed E-state index contributed by atoms with van der Waals surface area (Å²) < 4.78 is 0. The van der Waals surface area contributed by atoms with Gasteiger partial charge in [-0.15, -0.1) is 0 Å². The maximum atomic E-state index is 2.41. The van der Waals surface area contributed by atoms with Crippen molar-refractivity contribution in [2.75, 3.05) is 0 Å². The molecule has 0 rings (SSSR count). The van der Waals surface area contributed by atoms with Gasteiger partial charge in [0.15, 0.2) is 0 Å². The quantitative estimate of drug-likeness (QED) is 0.577. The summed E-state index contributed by atoms with van der Waals surface area (Å²) >= 11 is 0. The zero-order chi connectivity index (χ0) is 11.6. The second-order valence-electron chi connectivity index (χ2n) is 7.60. The summed E-state index contributed by atoms with van der Waals surface area (Å²) in [6.07, 6.45) is 3.91. The molecular weight excluding hydrogens is 168 g/mol. The molecule has 0 aliphatic heterocycles. The maximum Gasteiger partial charge on any atom is -0.0344 e. The monoisotopic (exact) mass is 198 g/mol. The molecule has 0 atom stereocenters. The normalized spacial score (nSPS) is 14.6. The fourth-order valence-electron chi connectivity index (χ4n) is 2.92. The molecule has 0 aromatic carbocycles. The second kappa shape index (κ2) is 4.24. The highest BCUT2D eigenvalue weighted by atomic mass is 14.4. The van der Waals surface area contributed by atoms with Crippen molar-refractivity contribution >= 4 is 0 Å². The van der Waals surface area contributed by atoms with Crippen molar-refractivity contribution < 1.29 is 0 Å². The Morgan fingerprint density at radius 1 is 0.643 bits per heavy atom. The minimum absolute atomic E-state index is 0.452. The second-order valence-corrected chi connectivity index (χ2v) is 7.60. The first-order valence-corrected chi connectivity index (χ1v) is 5.97. The van der Waals surface area contributed by atoms with Crippen LogP contribution in [0.4, 0.5) is 0 Å². The summed E-state index contributed by atoms with van der Waals surface area (Å²) in [6.45, 7) is 18.9. The van der Waals surface area contributed by atoms with Gasteiger partial charge >= 0.3 is 0 Å². The molecular formula is C14H30. The van der Waals surface area contributed by atoms with Crippen molar-refractivity contribution in [3.63, 3.8) is 0 Å². The van der Waals surface area contributed by atoms with Gasteiger partial charge in [0, 0.05) is 0 Å². The third-order valence-electron chi connectivity index (χ3n) is 2.92. The van der Waals surface area contributed by atoms with E-state index in [9.17, 15) is 0 Å². The van der Waals surface area contributed by atoms with Crippen LogP contribution >= 0.6 is 0 Å². The Labute approximate surface area is 91.5 Å². The molecule has 0 N–H and O–H groups in total. The van der Waals surface area contributed by atoms with E-state index in [4.69, 9.17) is 0 Å². The van der Waals surface area contributed by atoms with Crippen LogP contribution in [-0.4, -0.2) is 0 Å². The third kappa shape index (κ3) is 6.45. The van der Waals surface area contributed by atoms with Crippen molar-refractivity contribution in [3.05, 3.63) is 0 Å². The Balaban J connectivity index is 4.35. The highest BCUT2D eigenvalue weighted by molar-refractivity contribution is 4.82. The Hall–Kier alpha value is 0. The van der Waals surface area contributed by atoms with Gasteiger partial charge in [-0.05, 0) is 29.1 Å². The van der Waals surface area contributed by atoms with Crippen molar-refractivity contribution in [2.45, 2.75) is 74.7 Å². The lowest BCUT2D eigenvalue weighted by molar-refractivity contribution is 0.130. The summed E-state index contributed by atoms with van der Waals surface area (Å²) in [4.78, 5) is 0. The summed E-state index contributed by atoms with van der Waals surface area (Å²) in [6, 6.07) is 0. The molecule has 0 amide bonds. The van der Waals surface area contributed by atoms with E-state index < -0.39 is 0 Å². The first kappa shape index (κ1) is 14.0. The predicted molar refractivity (Wildman–Crippen MR) is 66.5 cm³/mol. The van der Waals surface area contributed by atoms with Crippen LogP contribution in [0, 0.1) is 16.2 Å². The van der Waals surface area contributed by atoms with Gasteiger partial charge in [0.2, 0.25) is 0 Å². The van der Waals surface area contributed by atoms with Crippen molar-refractivity contribution in [3.8, 4) is 0 Å². The summed E-state index contributed by atoms with van der Waals surface area (Å²) in [5.41, 5.74) is 1.42. The van der Waals surface area contributed by atoms with Gasteiger partial charge in [-0.3, -0.25) is 0 Å². The molecule has 0 unspecified atom stereocenters. The first-order chi connectivity index (χ1) is 5.97. The molecule has 0 nitrogen and oxygen atoms in total. The van der Waals surface area contributed by atoms with Crippen LogP contribution < -0.4 is 0 Å². The molecule has 0 saturated carbocycles. The van der Waals surface area contributed by atoms with E-state index in [-0.39, 0.29) is 0 Å². The van der Waals surface area contributed by atoms with Gasteiger partial charge in [0.05, 0.1) is 0 Å². The highest BCUT2D eigenvalue weighted by Gasteiger charge is 2.30. The molecule has 0 heterocycles. The van der Waals surface area contributed by atoms with Crippen LogP contribution in [0.15, 0.2) is 0 Å². The Morgan fingerprint density at radius 3 is 1.36 bits per heavy atom. The highest BCUT2D eigenvalue weighted by Crippen LogP contribution is 2.42. The van der Waals surface area contributed by atoms with Crippen LogP contribution in [0.5, 0.6) is 0 Å². The number of hydrogen-bond acceptors (Lipinski definition) is 0. The van der Waals surface area contributed by atoms with Gasteiger partial charge in [0.1, 0.15) is 0 Å². The molecule has 0 saturated heterocycles. The minimum Gasteiger partial charge on any atom is -0.0649 e. The SMILES string of the molecule is CCC(C)(C)CC(C)(C)CC(C)(C)C. The molecule has 0 aromatic heterocycles. The van der Waals surface area contributed by atoms with Gasteiger partial charge in [-0.25, -0.2) is 0 Å². The zero-order valence-electron chi connectivity index (χ0n) is 11.6. The molecule has 0 aromatic rings. The Morgan fingerprint density at radius 2 is 1.07 bits per heavy atom. The van der Waals surface area contributed by atoms with Crippen LogP contribution in [0.1, 0.15) is 74.7 Å². The average Bonchev–Trinajstić information content (AvgIpc) is 1.78. The van der Waals surface area contributed by atoms with Crippen LogP contribution in [-0.2, 0) is 0 Å². The van der Waals surface area contributed by atoms with Gasteiger partial charge in [-0.2, -0.15) is 0 Å². The van der Waals surface area contributed by atoms with E-state index in [1.165, 1.54) is 19.3 Å². The molecule has 0 aliphatic carbocycles. The van der Waals surface area contributed by atoms with E-state index in [0.717, 1.165) is 0 Å². The van der Waals surface area contributed by atoms with Gasteiger partial charge in [-0.1, -0.05) is 61.8 Å². The topological polar surface area (TPSA) is 0 Å². The standard InChI is InChI=1S/C14H30/c1-9-13(5,6)11-14(7,8)10-12(2,3)4/h9-11H2,1-8H3. The van der Waals surface area contributed by atoms with E-state index in [1.54, 1.807) is 0 Å². The number of hydrogen-bond donors (Lipinski definition) is 0. The van der Waals surface area contributed by atoms with E-state index in [1.807, 2.05) is 0 Å². The molecule has 0 bridgehead atoms. The van der Waals surface area contributed by atoms with E-state index >= 15 is 0 Å². The van der Waals surface area contributed by atoms with Crippen molar-refractivity contribution in [1.29, 1.82) is 0 Å². The Kier molecular flexibility index (Phi) is 4.24. The minimum atomic E-state index is 0.452. The summed E-state index contributed by atoms with van der Waals surface area (Å²) in [5, 5.41) is 0. The van der Waals surface area contributed by atoms with E-state index in [2.05, 4.69) is 55.4 Å². The van der Waals surface area contributed by atoms with E-state index in [0.29, 0.717) is 16.2 Å². The fraction of sp³-hybridized carbons (Fsp3) is 1.00. The molecule has 86 valence electrons. The lowest BCUT2D eigenvalue weighted by Gasteiger charge is -2.38. The largest absolute Gasteiger partial charge is 0.0649 e. The smallest absolute Gasteiger partial charge is 0.0344 e. The number of rotatable bonds is 4. The molecule has 0 heteroatoms. The van der Waals surface area contributed by atoms with Crippen LogP contribution in [0.2, 0.25) is 0 Å². The average molecular weight is 198 g/mol. The molecule has 0 spiro atoms. The molecule has 0 fully saturated rings. The van der Waals surface area contributed by atoms with Crippen LogP contribution in [0.3, 0.4) is 0 Å². The molecule has 14 heavy (non-hydrogen) atoms. The van der Waals surface area contributed by atoms with Crippen LogP contribution in [0.25, 0.3) is 0 Å². The predicted octanol–water partition coefficient (Wildman–Crippen LogP) is 5.28. The Bertz CT molecular complexity index is 167. The van der Waals surface area contributed by atoms with Crippen molar-refractivity contribution in [2.24, 2.45) is 16.2 Å². The molecule has 0 aliphatic rings. The third-order valence-corrected chi connectivity index (χ3v) is 2.92. The summed E-state index contributed by atoms with van der Waals surface area (Å²) in [7, 11) is 0. The fourth-order valence-corrected chi connectivity index (χ4v) is 2.92. The lowest BCUT2D eigenvalue weighted by atomic mass is 9.67. The van der Waals surface area contributed by atoms with Gasteiger partial charge < -0.3 is 0 Å². The first-order valence-electron chi connectivity index (χ1n) is 5.97. The maximum absolute atomic E-state index is 2.41.